The van der Waals surface area contributed by atoms with Crippen LogP contribution in [-0.4, -0.2) is 6.04 Å². The van der Waals surface area contributed by atoms with Gasteiger partial charge in [0.05, 0.1) is 0 Å². The Bertz CT molecular complexity index is 44.0. The second-order valence-electron chi connectivity index (χ2n) is 2.34. The summed E-state index contributed by atoms with van der Waals surface area (Å²) in [6.07, 6.45) is 2.50. The molecule has 1 rings (SSSR count). The van der Waals surface area contributed by atoms with Crippen LogP contribution in [0.25, 0.3) is 0 Å². The molecule has 0 amide bonds. The lowest BCUT2D eigenvalue weighted by molar-refractivity contribution is 0.290. The number of nitrogens with two attached hydrogens (primary N) is 1. The fraction of sp³-hybridized carbons (Fsp3) is 1.00. The van der Waals surface area contributed by atoms with E-state index < -0.39 is 0 Å². The average molecular weight is 122 g/mol. The summed E-state index contributed by atoms with van der Waals surface area (Å²) in [5.41, 5.74) is 5.47. The largest absolute Gasteiger partial charge is 0.328 e. The molecule has 2 N–H and O–H groups in total. The van der Waals surface area contributed by atoms with Crippen LogP contribution >= 0.6 is 12.4 Å². The highest BCUT2D eigenvalue weighted by Gasteiger charge is 2.20. The lowest BCUT2D eigenvalue weighted by atomic mass is 9.83. The fourth-order valence-electron chi connectivity index (χ4n) is 0.965. The predicted molar refractivity (Wildman–Crippen MR) is 33.6 cm³/mol. The van der Waals surface area contributed by atoms with Gasteiger partial charge in [-0.15, -0.1) is 12.4 Å². The molecule has 44 valence electrons. The first-order valence-corrected chi connectivity index (χ1v) is 2.54. The average Bonchev–Trinajstić information content (AvgIpc) is 1.33. The van der Waals surface area contributed by atoms with Crippen molar-refractivity contribution >= 4 is 12.4 Å². The second-order valence-corrected chi connectivity index (χ2v) is 2.34. The Hall–Kier alpha value is 0.250. The fourth-order valence-corrected chi connectivity index (χ4v) is 0.965. The number of hydrogen-bond acceptors (Lipinski definition) is 1. The summed E-state index contributed by atoms with van der Waals surface area (Å²) in [6.45, 7) is 2.24. The Labute approximate surface area is 50.7 Å². The smallest absolute Gasteiger partial charge is 0.00439 e. The van der Waals surface area contributed by atoms with Crippen LogP contribution in [0.5, 0.6) is 0 Å². The van der Waals surface area contributed by atoms with E-state index in [2.05, 4.69) is 6.92 Å². The summed E-state index contributed by atoms with van der Waals surface area (Å²) in [4.78, 5) is 0. The van der Waals surface area contributed by atoms with Crippen molar-refractivity contribution < 1.29 is 0 Å². The maximum Gasteiger partial charge on any atom is 0.00439 e. The van der Waals surface area contributed by atoms with E-state index in [1.807, 2.05) is 0 Å². The molecule has 0 unspecified atom stereocenters. The van der Waals surface area contributed by atoms with Gasteiger partial charge in [0.15, 0.2) is 0 Å². The van der Waals surface area contributed by atoms with Crippen molar-refractivity contribution in [2.45, 2.75) is 25.8 Å². The molecule has 0 spiro atoms. The van der Waals surface area contributed by atoms with E-state index in [1.165, 1.54) is 12.8 Å². The standard InChI is InChI=1S/C5H11N.ClH/c1-4-2-5(6)3-4;/h4-5H,2-3,6H2,1H3;1H/t4-,5-;. The molecule has 0 aromatic heterocycles. The third-order valence-electron chi connectivity index (χ3n) is 1.41. The second kappa shape index (κ2) is 2.53. The molecule has 0 heterocycles. The molecule has 1 nitrogen and oxygen atoms in total. The molecule has 1 saturated carbocycles. The van der Waals surface area contributed by atoms with Gasteiger partial charge < -0.3 is 5.73 Å². The molecule has 0 saturated heterocycles. The van der Waals surface area contributed by atoms with Crippen molar-refractivity contribution in [1.29, 1.82) is 0 Å². The first-order valence-electron chi connectivity index (χ1n) is 2.54. The normalized spacial score (nSPS) is 38.6. The molecule has 7 heavy (non-hydrogen) atoms. The Morgan fingerprint density at radius 2 is 1.86 bits per heavy atom. The monoisotopic (exact) mass is 121 g/mol. The van der Waals surface area contributed by atoms with Crippen molar-refractivity contribution in [3.8, 4) is 0 Å². The molecule has 0 atom stereocenters. The van der Waals surface area contributed by atoms with Crippen LogP contribution in [0.2, 0.25) is 0 Å². The summed E-state index contributed by atoms with van der Waals surface area (Å²) in [6, 6.07) is 0.542. The molecule has 0 aromatic carbocycles. The lowest BCUT2D eigenvalue weighted by Gasteiger charge is -2.28. The third kappa shape index (κ3) is 1.66. The number of rotatable bonds is 0. The SMILES string of the molecule is C[C@H]1C[C@H](N)C1.Cl. The van der Waals surface area contributed by atoms with Crippen LogP contribution in [0.15, 0.2) is 0 Å². The first-order chi connectivity index (χ1) is 2.79. The molecule has 0 radical (unpaired) electrons. The van der Waals surface area contributed by atoms with Gasteiger partial charge in [-0.2, -0.15) is 0 Å². The van der Waals surface area contributed by atoms with Crippen LogP contribution < -0.4 is 5.73 Å². The number of halogens is 1. The molecular weight excluding hydrogens is 110 g/mol. The van der Waals surface area contributed by atoms with E-state index in [9.17, 15) is 0 Å². The maximum absolute atomic E-state index is 5.47. The van der Waals surface area contributed by atoms with E-state index in [-0.39, 0.29) is 12.4 Å². The van der Waals surface area contributed by atoms with Gasteiger partial charge in [0.1, 0.15) is 0 Å². The van der Waals surface area contributed by atoms with Crippen molar-refractivity contribution in [2.75, 3.05) is 0 Å². The third-order valence-corrected chi connectivity index (χ3v) is 1.41. The molecular formula is C5H12ClN. The van der Waals surface area contributed by atoms with Crippen LogP contribution in [0.3, 0.4) is 0 Å². The van der Waals surface area contributed by atoms with E-state index in [1.54, 1.807) is 0 Å². The highest BCUT2D eigenvalue weighted by molar-refractivity contribution is 5.85. The van der Waals surface area contributed by atoms with E-state index in [0.29, 0.717) is 6.04 Å². The molecule has 0 bridgehead atoms. The summed E-state index contributed by atoms with van der Waals surface area (Å²) in [5.74, 6) is 0.917. The quantitative estimate of drug-likeness (QED) is 0.512. The van der Waals surface area contributed by atoms with Crippen molar-refractivity contribution in [2.24, 2.45) is 11.7 Å². The topological polar surface area (TPSA) is 26.0 Å². The van der Waals surface area contributed by atoms with Gasteiger partial charge in [0.25, 0.3) is 0 Å². The molecule has 0 aliphatic heterocycles. The van der Waals surface area contributed by atoms with Crippen molar-refractivity contribution in [3.63, 3.8) is 0 Å². The Morgan fingerprint density at radius 1 is 1.43 bits per heavy atom. The lowest BCUT2D eigenvalue weighted by Crippen LogP contribution is -2.34. The highest BCUT2D eigenvalue weighted by Crippen LogP contribution is 2.23. The Balaban J connectivity index is 0.000000360. The molecule has 1 aliphatic carbocycles. The zero-order valence-electron chi connectivity index (χ0n) is 4.55. The molecule has 0 aromatic rings. The van der Waals surface area contributed by atoms with Gasteiger partial charge in [-0.25, -0.2) is 0 Å². The molecule has 1 aliphatic rings. The Kier molecular flexibility index (Phi) is 2.62. The van der Waals surface area contributed by atoms with Gasteiger partial charge in [-0.3, -0.25) is 0 Å². The van der Waals surface area contributed by atoms with E-state index in [0.717, 1.165) is 5.92 Å². The Morgan fingerprint density at radius 3 is 1.86 bits per heavy atom. The van der Waals surface area contributed by atoms with Gasteiger partial charge in [-0.1, -0.05) is 6.92 Å². The zero-order valence-corrected chi connectivity index (χ0v) is 5.37. The molecule has 2 heteroatoms. The summed E-state index contributed by atoms with van der Waals surface area (Å²) in [5, 5.41) is 0. The number of hydrogen-bond donors (Lipinski definition) is 1. The van der Waals surface area contributed by atoms with E-state index in [4.69, 9.17) is 5.73 Å². The maximum atomic E-state index is 5.47. The zero-order chi connectivity index (χ0) is 4.57. The van der Waals surface area contributed by atoms with Gasteiger partial charge >= 0.3 is 0 Å². The molecule has 1 fully saturated rings. The summed E-state index contributed by atoms with van der Waals surface area (Å²) >= 11 is 0. The summed E-state index contributed by atoms with van der Waals surface area (Å²) < 4.78 is 0. The van der Waals surface area contributed by atoms with Crippen LogP contribution in [0.1, 0.15) is 19.8 Å². The van der Waals surface area contributed by atoms with Crippen molar-refractivity contribution in [1.82, 2.24) is 0 Å². The van der Waals surface area contributed by atoms with Gasteiger partial charge in [0.2, 0.25) is 0 Å². The van der Waals surface area contributed by atoms with Gasteiger partial charge in [-0.05, 0) is 18.8 Å². The minimum Gasteiger partial charge on any atom is -0.328 e. The minimum absolute atomic E-state index is 0. The highest BCUT2D eigenvalue weighted by atomic mass is 35.5. The predicted octanol–water partition coefficient (Wildman–Crippen LogP) is 1.17. The van der Waals surface area contributed by atoms with Crippen LogP contribution in [0, 0.1) is 5.92 Å². The van der Waals surface area contributed by atoms with Crippen LogP contribution in [-0.2, 0) is 0 Å². The van der Waals surface area contributed by atoms with E-state index >= 15 is 0 Å². The van der Waals surface area contributed by atoms with Gasteiger partial charge in [0, 0.05) is 6.04 Å². The first kappa shape index (κ1) is 7.25. The van der Waals surface area contributed by atoms with Crippen LogP contribution in [0.4, 0.5) is 0 Å². The minimum atomic E-state index is 0. The summed E-state index contributed by atoms with van der Waals surface area (Å²) in [7, 11) is 0. The van der Waals surface area contributed by atoms with Crippen molar-refractivity contribution in [3.05, 3.63) is 0 Å².